The van der Waals surface area contributed by atoms with Gasteiger partial charge in [0, 0.05) is 0 Å². The summed E-state index contributed by atoms with van der Waals surface area (Å²) in [6.45, 7) is 10.5. The Labute approximate surface area is 78.1 Å². The second kappa shape index (κ2) is 7.39. The van der Waals surface area contributed by atoms with Crippen molar-refractivity contribution >= 4 is 0 Å². The molecule has 0 fully saturated rings. The molecule has 1 atom stereocenters. The predicted molar refractivity (Wildman–Crippen MR) is 57.0 cm³/mol. The summed E-state index contributed by atoms with van der Waals surface area (Å²) < 4.78 is 0. The molecule has 0 heterocycles. The normalized spacial score (nSPS) is 14.8. The smallest absolute Gasteiger partial charge is 0.0259 e. The fourth-order valence-corrected chi connectivity index (χ4v) is 1.46. The van der Waals surface area contributed by atoms with Crippen LogP contribution in [0.4, 0.5) is 0 Å². The van der Waals surface area contributed by atoms with Gasteiger partial charge < -0.3 is 0 Å². The Morgan fingerprint density at radius 2 is 2.00 bits per heavy atom. The highest BCUT2D eigenvalue weighted by molar-refractivity contribution is 5.02. The van der Waals surface area contributed by atoms with Gasteiger partial charge in [0.2, 0.25) is 0 Å². The molecule has 0 N–H and O–H groups in total. The van der Waals surface area contributed by atoms with Gasteiger partial charge in [0.05, 0.1) is 0 Å². The van der Waals surface area contributed by atoms with Gasteiger partial charge in [-0.05, 0) is 26.2 Å². The molecule has 0 spiro atoms. The third kappa shape index (κ3) is 7.84. The van der Waals surface area contributed by atoms with Crippen molar-refractivity contribution < 1.29 is 0 Å². The van der Waals surface area contributed by atoms with Crippen LogP contribution in [0, 0.1) is 12.8 Å². The van der Waals surface area contributed by atoms with Gasteiger partial charge in [0.1, 0.15) is 0 Å². The minimum absolute atomic E-state index is 0.722. The first-order valence-electron chi connectivity index (χ1n) is 5.17. The third-order valence-electron chi connectivity index (χ3n) is 2.08. The van der Waals surface area contributed by atoms with Crippen LogP contribution < -0.4 is 0 Å². The lowest BCUT2D eigenvalue weighted by Crippen LogP contribution is -1.90. The van der Waals surface area contributed by atoms with Crippen molar-refractivity contribution in [2.45, 2.75) is 52.9 Å². The van der Waals surface area contributed by atoms with E-state index >= 15 is 0 Å². The Morgan fingerprint density at radius 3 is 2.50 bits per heavy atom. The topological polar surface area (TPSA) is 0 Å². The highest BCUT2D eigenvalue weighted by Gasteiger charge is 1.96. The molecule has 71 valence electrons. The molecular formula is C12H23. The highest BCUT2D eigenvalue weighted by Crippen LogP contribution is 2.12. The summed E-state index contributed by atoms with van der Waals surface area (Å²) in [6.07, 6.45) is 9.08. The Morgan fingerprint density at radius 1 is 1.33 bits per heavy atom. The number of hydrogen-bond donors (Lipinski definition) is 0. The molecular weight excluding hydrogens is 144 g/mol. The quantitative estimate of drug-likeness (QED) is 0.515. The number of rotatable bonds is 6. The van der Waals surface area contributed by atoms with Crippen molar-refractivity contribution in [3.63, 3.8) is 0 Å². The maximum Gasteiger partial charge on any atom is -0.0259 e. The molecule has 0 heteroatoms. The number of allylic oxidation sites excluding steroid dienone is 2. The molecule has 0 aliphatic heterocycles. The van der Waals surface area contributed by atoms with Crippen LogP contribution >= 0.6 is 0 Å². The van der Waals surface area contributed by atoms with Crippen molar-refractivity contribution in [3.8, 4) is 0 Å². The van der Waals surface area contributed by atoms with E-state index < -0.39 is 0 Å². The van der Waals surface area contributed by atoms with Gasteiger partial charge in [0.15, 0.2) is 0 Å². The lowest BCUT2D eigenvalue weighted by atomic mass is 10.0. The van der Waals surface area contributed by atoms with E-state index in [1.54, 1.807) is 0 Å². The van der Waals surface area contributed by atoms with E-state index in [9.17, 15) is 0 Å². The van der Waals surface area contributed by atoms with Crippen molar-refractivity contribution in [2.75, 3.05) is 0 Å². The molecule has 0 nitrogen and oxygen atoms in total. The van der Waals surface area contributed by atoms with Crippen LogP contribution in [0.25, 0.3) is 0 Å². The van der Waals surface area contributed by atoms with Crippen LogP contribution in [0.1, 0.15) is 52.9 Å². The largest absolute Gasteiger partial charge is 0.0828 e. The standard InChI is InChI=1S/C12H23/c1-5-6-7-8-9-12(4)10-11(2)3/h10,12H,2,5-9H2,1,3-4H3. The summed E-state index contributed by atoms with van der Waals surface area (Å²) in [7, 11) is 0. The molecule has 0 aromatic rings. The van der Waals surface area contributed by atoms with Gasteiger partial charge >= 0.3 is 0 Å². The van der Waals surface area contributed by atoms with Crippen LogP contribution in [0.3, 0.4) is 0 Å². The van der Waals surface area contributed by atoms with Gasteiger partial charge in [0.25, 0.3) is 0 Å². The van der Waals surface area contributed by atoms with E-state index in [1.165, 1.54) is 37.7 Å². The SMILES string of the molecule is [CH2]C(C)=CC(C)CCCCCC. The van der Waals surface area contributed by atoms with Gasteiger partial charge in [-0.15, -0.1) is 0 Å². The molecule has 12 heavy (non-hydrogen) atoms. The molecule has 0 rings (SSSR count). The first kappa shape index (κ1) is 11.7. The molecule has 0 aromatic heterocycles. The molecule has 1 unspecified atom stereocenters. The maximum absolute atomic E-state index is 3.88. The fraction of sp³-hybridized carbons (Fsp3) is 0.750. The zero-order chi connectivity index (χ0) is 9.40. The summed E-state index contributed by atoms with van der Waals surface area (Å²) in [4.78, 5) is 0. The molecule has 0 saturated heterocycles. The zero-order valence-electron chi connectivity index (χ0n) is 8.90. The predicted octanol–water partition coefficient (Wildman–Crippen LogP) is 4.37. The lowest BCUT2D eigenvalue weighted by molar-refractivity contribution is 0.560. The van der Waals surface area contributed by atoms with Crippen molar-refractivity contribution in [3.05, 3.63) is 18.6 Å². The second-order valence-corrected chi connectivity index (χ2v) is 3.84. The first-order valence-corrected chi connectivity index (χ1v) is 5.17. The van der Waals surface area contributed by atoms with Crippen LogP contribution in [-0.4, -0.2) is 0 Å². The van der Waals surface area contributed by atoms with Gasteiger partial charge in [-0.2, -0.15) is 0 Å². The molecule has 0 saturated carbocycles. The van der Waals surface area contributed by atoms with E-state index in [-0.39, 0.29) is 0 Å². The molecule has 0 aliphatic carbocycles. The molecule has 1 radical (unpaired) electrons. The molecule has 0 amide bonds. The Hall–Kier alpha value is -0.260. The maximum atomic E-state index is 3.88. The van der Waals surface area contributed by atoms with Crippen LogP contribution in [0.5, 0.6) is 0 Å². The summed E-state index contributed by atoms with van der Waals surface area (Å²) >= 11 is 0. The average molecular weight is 167 g/mol. The number of hydrogen-bond acceptors (Lipinski definition) is 0. The summed E-state index contributed by atoms with van der Waals surface area (Å²) in [5.74, 6) is 0.722. The lowest BCUT2D eigenvalue weighted by Gasteiger charge is -2.05. The zero-order valence-corrected chi connectivity index (χ0v) is 8.90. The Bertz CT molecular complexity index is 118. The first-order chi connectivity index (χ1) is 5.66. The van der Waals surface area contributed by atoms with Crippen molar-refractivity contribution in [1.29, 1.82) is 0 Å². The second-order valence-electron chi connectivity index (χ2n) is 3.84. The van der Waals surface area contributed by atoms with E-state index in [1.807, 2.05) is 0 Å². The fourth-order valence-electron chi connectivity index (χ4n) is 1.46. The van der Waals surface area contributed by atoms with Crippen LogP contribution in [0.2, 0.25) is 0 Å². The van der Waals surface area contributed by atoms with Gasteiger partial charge in [-0.1, -0.05) is 51.2 Å². The minimum Gasteiger partial charge on any atom is -0.0828 e. The Kier molecular flexibility index (Phi) is 7.23. The van der Waals surface area contributed by atoms with E-state index in [0.29, 0.717) is 0 Å². The number of unbranched alkanes of at least 4 members (excludes halogenated alkanes) is 3. The van der Waals surface area contributed by atoms with E-state index in [2.05, 4.69) is 33.8 Å². The van der Waals surface area contributed by atoms with Gasteiger partial charge in [-0.3, -0.25) is 0 Å². The summed E-state index contributed by atoms with van der Waals surface area (Å²) in [6, 6.07) is 0. The van der Waals surface area contributed by atoms with E-state index in [0.717, 1.165) is 5.92 Å². The molecule has 0 bridgehead atoms. The Balaban J connectivity index is 3.32. The highest BCUT2D eigenvalue weighted by atomic mass is 14.0. The molecule has 0 aromatic carbocycles. The third-order valence-corrected chi connectivity index (χ3v) is 2.08. The van der Waals surface area contributed by atoms with E-state index in [4.69, 9.17) is 0 Å². The van der Waals surface area contributed by atoms with Crippen LogP contribution in [-0.2, 0) is 0 Å². The summed E-state index contributed by atoms with van der Waals surface area (Å²) in [5.41, 5.74) is 1.21. The minimum atomic E-state index is 0.722. The monoisotopic (exact) mass is 167 g/mol. The van der Waals surface area contributed by atoms with Gasteiger partial charge in [-0.25, -0.2) is 0 Å². The van der Waals surface area contributed by atoms with Crippen molar-refractivity contribution in [2.24, 2.45) is 5.92 Å². The van der Waals surface area contributed by atoms with Crippen LogP contribution in [0.15, 0.2) is 11.6 Å². The van der Waals surface area contributed by atoms with Crippen molar-refractivity contribution in [1.82, 2.24) is 0 Å². The molecule has 0 aliphatic rings. The average Bonchev–Trinajstić information content (AvgIpc) is 1.97. The summed E-state index contributed by atoms with van der Waals surface area (Å²) in [5, 5.41) is 0.